The highest BCUT2D eigenvalue weighted by molar-refractivity contribution is 8.01. The quantitative estimate of drug-likeness (QED) is 0.679. The Balaban J connectivity index is 1.76. The van der Waals surface area contributed by atoms with Gasteiger partial charge in [0.25, 0.3) is 0 Å². The molecule has 0 saturated carbocycles. The Morgan fingerprint density at radius 3 is 2.95 bits per heavy atom. The molecule has 1 aromatic carbocycles. The largest absolute Gasteiger partial charge is 0.489 e. The van der Waals surface area contributed by atoms with Gasteiger partial charge in [-0.15, -0.1) is 10.2 Å². The van der Waals surface area contributed by atoms with E-state index in [1.165, 1.54) is 23.1 Å². The van der Waals surface area contributed by atoms with Crippen LogP contribution in [0.1, 0.15) is 6.92 Å². The summed E-state index contributed by atoms with van der Waals surface area (Å²) in [6, 6.07) is 4.97. The molecule has 0 radical (unpaired) electrons. The molecule has 0 saturated heterocycles. The molecular formula is C13H15Cl2N3O2S2. The number of hydrogen-bond donors (Lipinski definition) is 2. The summed E-state index contributed by atoms with van der Waals surface area (Å²) in [7, 11) is 0. The maximum absolute atomic E-state index is 9.95. The van der Waals surface area contributed by atoms with Crippen LogP contribution in [0.15, 0.2) is 22.5 Å². The minimum atomic E-state index is -0.636. The highest BCUT2D eigenvalue weighted by Gasteiger charge is 2.11. The number of anilines is 1. The van der Waals surface area contributed by atoms with Gasteiger partial charge in [0.2, 0.25) is 5.13 Å². The lowest BCUT2D eigenvalue weighted by Gasteiger charge is -2.12. The fourth-order valence-electron chi connectivity index (χ4n) is 1.48. The number of aliphatic hydroxyl groups is 1. The monoisotopic (exact) mass is 379 g/mol. The predicted molar refractivity (Wildman–Crippen MR) is 92.8 cm³/mol. The number of nitrogens with one attached hydrogen (secondary N) is 1. The van der Waals surface area contributed by atoms with Gasteiger partial charge in [-0.3, -0.25) is 0 Å². The molecule has 5 nitrogen and oxygen atoms in total. The van der Waals surface area contributed by atoms with E-state index in [0.717, 1.165) is 16.0 Å². The molecule has 1 atom stereocenters. The van der Waals surface area contributed by atoms with Gasteiger partial charge < -0.3 is 15.2 Å². The predicted octanol–water partition coefficient (Wildman–Crippen LogP) is 3.81. The third-order valence-electron chi connectivity index (χ3n) is 2.46. The number of benzene rings is 1. The van der Waals surface area contributed by atoms with Crippen LogP contribution < -0.4 is 10.1 Å². The number of hydrogen-bond acceptors (Lipinski definition) is 7. The zero-order chi connectivity index (χ0) is 15.9. The number of aliphatic hydroxyl groups excluding tert-OH is 1. The Morgan fingerprint density at radius 2 is 2.23 bits per heavy atom. The minimum absolute atomic E-state index is 0.146. The Kier molecular flexibility index (Phi) is 7.04. The average molecular weight is 380 g/mol. The molecule has 2 aromatic rings. The summed E-state index contributed by atoms with van der Waals surface area (Å²) in [5.41, 5.74) is 0. The van der Waals surface area contributed by atoms with Crippen LogP contribution in [0.25, 0.3) is 0 Å². The molecule has 2 N–H and O–H groups in total. The van der Waals surface area contributed by atoms with Crippen molar-refractivity contribution in [2.24, 2.45) is 0 Å². The zero-order valence-corrected chi connectivity index (χ0v) is 14.9. The van der Waals surface area contributed by atoms with Gasteiger partial charge in [0.05, 0.1) is 11.1 Å². The highest BCUT2D eigenvalue weighted by atomic mass is 35.5. The fraction of sp³-hybridized carbons (Fsp3) is 0.385. The van der Waals surface area contributed by atoms with Crippen molar-refractivity contribution in [1.29, 1.82) is 0 Å². The van der Waals surface area contributed by atoms with E-state index in [9.17, 15) is 5.11 Å². The van der Waals surface area contributed by atoms with E-state index in [1.54, 1.807) is 18.2 Å². The van der Waals surface area contributed by atoms with E-state index in [1.807, 2.05) is 6.92 Å². The smallest absolute Gasteiger partial charge is 0.206 e. The fourth-order valence-corrected chi connectivity index (χ4v) is 3.70. The second-order valence-electron chi connectivity index (χ2n) is 4.25. The van der Waals surface area contributed by atoms with Crippen molar-refractivity contribution in [1.82, 2.24) is 10.2 Å². The van der Waals surface area contributed by atoms with E-state index in [-0.39, 0.29) is 6.61 Å². The first kappa shape index (κ1) is 17.6. The van der Waals surface area contributed by atoms with Crippen molar-refractivity contribution in [3.05, 3.63) is 28.2 Å². The van der Waals surface area contributed by atoms with Gasteiger partial charge in [-0.05, 0) is 25.1 Å². The van der Waals surface area contributed by atoms with Crippen LogP contribution >= 0.6 is 46.3 Å². The van der Waals surface area contributed by atoms with E-state index in [4.69, 9.17) is 27.9 Å². The Hall–Kier alpha value is -0.730. The second kappa shape index (κ2) is 8.79. The van der Waals surface area contributed by atoms with Crippen molar-refractivity contribution in [3.8, 4) is 5.75 Å². The first-order valence-electron chi connectivity index (χ1n) is 6.54. The van der Waals surface area contributed by atoms with Gasteiger partial charge in [-0.2, -0.15) is 0 Å². The molecule has 1 heterocycles. The van der Waals surface area contributed by atoms with Gasteiger partial charge in [-0.25, -0.2) is 0 Å². The topological polar surface area (TPSA) is 67.3 Å². The third kappa shape index (κ3) is 5.48. The maximum atomic E-state index is 9.95. The molecule has 2 rings (SSSR count). The number of thioether (sulfide) groups is 1. The average Bonchev–Trinajstić information content (AvgIpc) is 2.92. The molecule has 0 aliphatic rings. The van der Waals surface area contributed by atoms with Crippen LogP contribution in [0.2, 0.25) is 10.0 Å². The Morgan fingerprint density at radius 1 is 1.41 bits per heavy atom. The minimum Gasteiger partial charge on any atom is -0.489 e. The Labute approximate surface area is 147 Å². The molecule has 0 aliphatic heterocycles. The number of halogens is 2. The summed E-state index contributed by atoms with van der Waals surface area (Å²) in [5.74, 6) is 0.965. The van der Waals surface area contributed by atoms with Gasteiger partial charge in [0.1, 0.15) is 12.4 Å². The molecule has 0 fully saturated rings. The molecule has 22 heavy (non-hydrogen) atoms. The molecule has 120 valence electrons. The third-order valence-corrected chi connectivity index (χ3v) is 5.15. The standard InChI is InChI=1S/C13H15Cl2N3O2S2/c1-2-16-12-17-18-13(22-12)21-7-9(19)6-20-11-4-3-8(14)5-10(11)15/h3-5,9,19H,2,6-7H2,1H3,(H,16,17). The summed E-state index contributed by atoms with van der Waals surface area (Å²) < 4.78 is 6.29. The summed E-state index contributed by atoms with van der Waals surface area (Å²) in [5, 5.41) is 22.8. The molecule has 0 bridgehead atoms. The Bertz CT molecular complexity index is 613. The lowest BCUT2D eigenvalue weighted by molar-refractivity contribution is 0.126. The summed E-state index contributed by atoms with van der Waals surface area (Å²) >= 11 is 14.7. The van der Waals surface area contributed by atoms with Crippen molar-refractivity contribution in [2.75, 3.05) is 24.2 Å². The van der Waals surface area contributed by atoms with E-state index in [2.05, 4.69) is 15.5 Å². The van der Waals surface area contributed by atoms with Gasteiger partial charge in [0, 0.05) is 17.3 Å². The molecule has 1 aromatic heterocycles. The molecular weight excluding hydrogens is 365 g/mol. The van der Waals surface area contributed by atoms with Gasteiger partial charge >= 0.3 is 0 Å². The molecule has 1 unspecified atom stereocenters. The highest BCUT2D eigenvalue weighted by Crippen LogP contribution is 2.28. The first-order chi connectivity index (χ1) is 10.6. The van der Waals surface area contributed by atoms with Crippen molar-refractivity contribution < 1.29 is 9.84 Å². The summed E-state index contributed by atoms with van der Waals surface area (Å²) in [4.78, 5) is 0. The van der Waals surface area contributed by atoms with Gasteiger partial charge in [0.15, 0.2) is 4.34 Å². The second-order valence-corrected chi connectivity index (χ2v) is 7.34. The zero-order valence-electron chi connectivity index (χ0n) is 11.8. The van der Waals surface area contributed by atoms with Crippen LogP contribution in [0.4, 0.5) is 5.13 Å². The first-order valence-corrected chi connectivity index (χ1v) is 9.10. The van der Waals surface area contributed by atoms with Crippen LogP contribution in [-0.4, -0.2) is 40.3 Å². The number of nitrogens with zero attached hydrogens (tertiary/aromatic N) is 2. The summed E-state index contributed by atoms with van der Waals surface area (Å²) in [6.07, 6.45) is -0.636. The molecule has 0 aliphatic carbocycles. The van der Waals surface area contributed by atoms with Gasteiger partial charge in [-0.1, -0.05) is 46.3 Å². The van der Waals surface area contributed by atoms with Crippen LogP contribution in [0.5, 0.6) is 5.75 Å². The molecule has 0 spiro atoms. The van der Waals surface area contributed by atoms with E-state index < -0.39 is 6.10 Å². The van der Waals surface area contributed by atoms with E-state index in [0.29, 0.717) is 21.5 Å². The lowest BCUT2D eigenvalue weighted by atomic mass is 10.3. The lowest BCUT2D eigenvalue weighted by Crippen LogP contribution is -2.20. The number of rotatable bonds is 8. The number of aromatic nitrogens is 2. The van der Waals surface area contributed by atoms with E-state index >= 15 is 0 Å². The molecule has 9 heteroatoms. The van der Waals surface area contributed by atoms with Crippen molar-refractivity contribution in [3.63, 3.8) is 0 Å². The summed E-state index contributed by atoms with van der Waals surface area (Å²) in [6.45, 7) is 2.95. The maximum Gasteiger partial charge on any atom is 0.206 e. The van der Waals surface area contributed by atoms with Crippen molar-refractivity contribution in [2.45, 2.75) is 17.4 Å². The SMILES string of the molecule is CCNc1nnc(SCC(O)COc2ccc(Cl)cc2Cl)s1. The van der Waals surface area contributed by atoms with Crippen molar-refractivity contribution >= 4 is 51.4 Å². The van der Waals surface area contributed by atoms with Crippen LogP contribution in [0.3, 0.4) is 0 Å². The normalized spacial score (nSPS) is 12.2. The van der Waals surface area contributed by atoms with Crippen LogP contribution in [0, 0.1) is 0 Å². The van der Waals surface area contributed by atoms with Crippen LogP contribution in [-0.2, 0) is 0 Å². The number of ether oxygens (including phenoxy) is 1. The molecule has 0 amide bonds.